The number of carbonyl (C=O) groups is 2. The van der Waals surface area contributed by atoms with Gasteiger partial charge in [-0.1, -0.05) is 25.5 Å². The van der Waals surface area contributed by atoms with Crippen molar-refractivity contribution >= 4 is 23.2 Å². The second kappa shape index (κ2) is 7.40. The minimum Gasteiger partial charge on any atom is -0.324 e. The predicted molar refractivity (Wildman–Crippen MR) is 89.0 cm³/mol. The molecule has 120 valence electrons. The topological polar surface area (TPSA) is 52.7 Å². The molecule has 5 heteroatoms. The first-order valence-corrected chi connectivity index (χ1v) is 7.92. The van der Waals surface area contributed by atoms with E-state index in [-0.39, 0.29) is 17.9 Å². The van der Waals surface area contributed by atoms with Gasteiger partial charge in [-0.25, -0.2) is 0 Å². The van der Waals surface area contributed by atoms with Crippen LogP contribution in [0.5, 0.6) is 0 Å². The van der Waals surface area contributed by atoms with Gasteiger partial charge in [0.25, 0.3) is 0 Å². The number of para-hydroxylation sites is 2. The first kappa shape index (κ1) is 16.5. The van der Waals surface area contributed by atoms with E-state index in [0.717, 1.165) is 25.1 Å². The van der Waals surface area contributed by atoms with Gasteiger partial charge in [-0.3, -0.25) is 14.5 Å². The zero-order valence-electron chi connectivity index (χ0n) is 13.6. The molecular formula is C17H25N3O2. The lowest BCUT2D eigenvalue weighted by molar-refractivity contribution is -0.120. The van der Waals surface area contributed by atoms with Crippen LogP contribution in [0.15, 0.2) is 24.3 Å². The van der Waals surface area contributed by atoms with E-state index in [1.807, 2.05) is 43.1 Å². The lowest BCUT2D eigenvalue weighted by atomic mass is 10.1. The number of hydrogen-bond acceptors (Lipinski definition) is 3. The summed E-state index contributed by atoms with van der Waals surface area (Å²) in [6.45, 7) is 5.34. The Bertz CT molecular complexity index is 544. The standard InChI is InChI=1S/C17H25N3O2/c1-4-5-10-19(3)12-17(22)20-13(2)11-16(21)18-14-8-6-7-9-15(14)20/h6-9,13H,4-5,10-12H2,1-3H3,(H,18,21). The minimum atomic E-state index is -0.143. The van der Waals surface area contributed by atoms with E-state index in [9.17, 15) is 9.59 Å². The van der Waals surface area contributed by atoms with E-state index in [0.29, 0.717) is 18.7 Å². The van der Waals surface area contributed by atoms with Crippen molar-refractivity contribution in [1.29, 1.82) is 0 Å². The van der Waals surface area contributed by atoms with Crippen molar-refractivity contribution in [3.63, 3.8) is 0 Å². The Hall–Kier alpha value is -1.88. The molecule has 0 bridgehead atoms. The van der Waals surface area contributed by atoms with Gasteiger partial charge in [0.1, 0.15) is 0 Å². The highest BCUT2D eigenvalue weighted by Gasteiger charge is 2.29. The number of carbonyl (C=O) groups excluding carboxylic acids is 2. The van der Waals surface area contributed by atoms with E-state index in [1.54, 1.807) is 4.90 Å². The lowest BCUT2D eigenvalue weighted by Crippen LogP contribution is -2.44. The van der Waals surface area contributed by atoms with Gasteiger partial charge in [-0.15, -0.1) is 0 Å². The molecule has 0 spiro atoms. The molecule has 0 saturated carbocycles. The molecule has 1 heterocycles. The van der Waals surface area contributed by atoms with Crippen molar-refractivity contribution in [2.45, 2.75) is 39.2 Å². The molecule has 5 nitrogen and oxygen atoms in total. The first-order chi connectivity index (χ1) is 10.5. The molecule has 1 aromatic carbocycles. The maximum Gasteiger partial charge on any atom is 0.241 e. The summed E-state index contributed by atoms with van der Waals surface area (Å²) in [5.41, 5.74) is 1.50. The summed E-state index contributed by atoms with van der Waals surface area (Å²) in [6, 6.07) is 7.35. The number of benzene rings is 1. The fourth-order valence-electron chi connectivity index (χ4n) is 2.78. The quantitative estimate of drug-likeness (QED) is 0.909. The van der Waals surface area contributed by atoms with Gasteiger partial charge in [0.15, 0.2) is 0 Å². The summed E-state index contributed by atoms with van der Waals surface area (Å²) in [6.07, 6.45) is 2.51. The third kappa shape index (κ3) is 3.85. The number of nitrogens with one attached hydrogen (secondary N) is 1. The van der Waals surface area contributed by atoms with E-state index in [4.69, 9.17) is 0 Å². The van der Waals surface area contributed by atoms with Crippen LogP contribution in [0.3, 0.4) is 0 Å². The van der Waals surface area contributed by atoms with Crippen molar-refractivity contribution in [2.75, 3.05) is 30.4 Å². The number of likely N-dealkylation sites (N-methyl/N-ethyl adjacent to an activating group) is 1. The van der Waals surface area contributed by atoms with Crippen LogP contribution < -0.4 is 10.2 Å². The molecule has 0 saturated heterocycles. The zero-order chi connectivity index (χ0) is 16.1. The molecule has 2 rings (SSSR count). The van der Waals surface area contributed by atoms with Gasteiger partial charge >= 0.3 is 0 Å². The van der Waals surface area contributed by atoms with E-state index in [2.05, 4.69) is 12.2 Å². The van der Waals surface area contributed by atoms with Gasteiger partial charge in [0.2, 0.25) is 11.8 Å². The fourth-order valence-corrected chi connectivity index (χ4v) is 2.78. The van der Waals surface area contributed by atoms with Gasteiger partial charge in [-0.2, -0.15) is 0 Å². The van der Waals surface area contributed by atoms with Crippen LogP contribution in [-0.4, -0.2) is 42.9 Å². The third-order valence-electron chi connectivity index (χ3n) is 3.93. The van der Waals surface area contributed by atoms with Crippen molar-refractivity contribution < 1.29 is 9.59 Å². The van der Waals surface area contributed by atoms with Crippen LogP contribution in [0.4, 0.5) is 11.4 Å². The number of amides is 2. The van der Waals surface area contributed by atoms with Crippen LogP contribution in [-0.2, 0) is 9.59 Å². The maximum atomic E-state index is 12.7. The molecule has 0 fully saturated rings. The summed E-state index contributed by atoms with van der Waals surface area (Å²) in [5, 5.41) is 2.88. The van der Waals surface area contributed by atoms with Crippen molar-refractivity contribution in [3.05, 3.63) is 24.3 Å². The Morgan fingerprint density at radius 2 is 2.14 bits per heavy atom. The molecule has 1 aliphatic heterocycles. The van der Waals surface area contributed by atoms with Crippen LogP contribution in [0.1, 0.15) is 33.1 Å². The Morgan fingerprint density at radius 3 is 2.86 bits per heavy atom. The Balaban J connectivity index is 2.20. The van der Waals surface area contributed by atoms with Crippen LogP contribution in [0.2, 0.25) is 0 Å². The molecule has 0 aliphatic carbocycles. The van der Waals surface area contributed by atoms with Gasteiger partial charge < -0.3 is 10.2 Å². The van der Waals surface area contributed by atoms with Crippen molar-refractivity contribution in [1.82, 2.24) is 4.90 Å². The number of nitrogens with zero attached hydrogens (tertiary/aromatic N) is 2. The average molecular weight is 303 g/mol. The van der Waals surface area contributed by atoms with E-state index >= 15 is 0 Å². The Kier molecular flexibility index (Phi) is 5.55. The Labute approximate surface area is 132 Å². The molecule has 1 unspecified atom stereocenters. The fraction of sp³-hybridized carbons (Fsp3) is 0.529. The summed E-state index contributed by atoms with van der Waals surface area (Å²) in [5.74, 6) is -0.00959. The van der Waals surface area contributed by atoms with Gasteiger partial charge in [0.05, 0.1) is 17.9 Å². The van der Waals surface area contributed by atoms with Crippen molar-refractivity contribution in [3.8, 4) is 0 Å². The molecule has 1 N–H and O–H groups in total. The third-order valence-corrected chi connectivity index (χ3v) is 3.93. The molecule has 22 heavy (non-hydrogen) atoms. The van der Waals surface area contributed by atoms with Gasteiger partial charge in [-0.05, 0) is 39.1 Å². The second-order valence-corrected chi connectivity index (χ2v) is 5.97. The van der Waals surface area contributed by atoms with Crippen LogP contribution >= 0.6 is 0 Å². The normalized spacial score (nSPS) is 17.9. The SMILES string of the molecule is CCCCN(C)CC(=O)N1c2ccccc2NC(=O)CC1C. The average Bonchev–Trinajstić information content (AvgIpc) is 2.59. The molecule has 1 aliphatic rings. The highest BCUT2D eigenvalue weighted by molar-refractivity contribution is 6.04. The number of rotatable bonds is 5. The number of fused-ring (bicyclic) bond motifs is 1. The molecule has 1 aromatic rings. The molecule has 2 amide bonds. The minimum absolute atomic E-state index is 0.0371. The van der Waals surface area contributed by atoms with Gasteiger partial charge in [0, 0.05) is 12.5 Å². The highest BCUT2D eigenvalue weighted by Crippen LogP contribution is 2.31. The summed E-state index contributed by atoms with van der Waals surface area (Å²) in [7, 11) is 1.96. The number of unbranched alkanes of at least 4 members (excludes halogenated alkanes) is 1. The lowest BCUT2D eigenvalue weighted by Gasteiger charge is -2.29. The van der Waals surface area contributed by atoms with Crippen molar-refractivity contribution in [2.24, 2.45) is 0 Å². The highest BCUT2D eigenvalue weighted by atomic mass is 16.2. The maximum absolute atomic E-state index is 12.7. The zero-order valence-corrected chi connectivity index (χ0v) is 13.6. The smallest absolute Gasteiger partial charge is 0.241 e. The van der Waals surface area contributed by atoms with Crippen LogP contribution in [0, 0.1) is 0 Å². The first-order valence-electron chi connectivity index (χ1n) is 7.92. The molecule has 0 aromatic heterocycles. The van der Waals surface area contributed by atoms with E-state index in [1.165, 1.54) is 0 Å². The summed E-state index contributed by atoms with van der Waals surface area (Å²) in [4.78, 5) is 28.5. The summed E-state index contributed by atoms with van der Waals surface area (Å²) >= 11 is 0. The molecule has 1 atom stereocenters. The second-order valence-electron chi connectivity index (χ2n) is 5.97. The summed E-state index contributed by atoms with van der Waals surface area (Å²) < 4.78 is 0. The van der Waals surface area contributed by atoms with Crippen LogP contribution in [0.25, 0.3) is 0 Å². The number of anilines is 2. The Morgan fingerprint density at radius 1 is 1.41 bits per heavy atom. The monoisotopic (exact) mass is 303 g/mol. The largest absolute Gasteiger partial charge is 0.324 e. The van der Waals surface area contributed by atoms with E-state index < -0.39 is 0 Å². The number of hydrogen-bond donors (Lipinski definition) is 1. The molecule has 0 radical (unpaired) electrons. The predicted octanol–water partition coefficient (Wildman–Crippen LogP) is 2.48. The molecular weight excluding hydrogens is 278 g/mol.